The van der Waals surface area contributed by atoms with Crippen LogP contribution in [0.25, 0.3) is 0 Å². The summed E-state index contributed by atoms with van der Waals surface area (Å²) in [5, 5.41) is 0. The second kappa shape index (κ2) is 4.86. The molecule has 0 aromatic rings. The molecule has 0 spiro atoms. The maximum atomic E-state index is 8.88. The summed E-state index contributed by atoms with van der Waals surface area (Å²) in [6.07, 6.45) is 0. The summed E-state index contributed by atoms with van der Waals surface area (Å²) < 4.78 is 8.88. The van der Waals surface area contributed by atoms with Gasteiger partial charge in [0.25, 0.3) is 0 Å². The Bertz CT molecular complexity index is 57.8. The van der Waals surface area contributed by atoms with E-state index in [1.165, 1.54) is 0 Å². The van der Waals surface area contributed by atoms with Crippen LogP contribution in [0, 0.1) is 0 Å². The van der Waals surface area contributed by atoms with E-state index in [4.69, 9.17) is 19.2 Å². The van der Waals surface area contributed by atoms with Crippen molar-refractivity contribution in [3.63, 3.8) is 0 Å². The van der Waals surface area contributed by atoms with Gasteiger partial charge in [-0.05, 0) is 0 Å². The van der Waals surface area contributed by atoms with Crippen molar-refractivity contribution in [1.29, 1.82) is 0 Å². The zero-order valence-electron chi connectivity index (χ0n) is 4.20. The zero-order valence-corrected chi connectivity index (χ0v) is 5.09. The number of rotatable bonds is 0. The second-order valence-electron chi connectivity index (χ2n) is 0.513. The summed E-state index contributed by atoms with van der Waals surface area (Å²) in [7, 11) is -4.64. The average molecular weight is 120 g/mol. The molecule has 0 fully saturated rings. The van der Waals surface area contributed by atoms with E-state index in [9.17, 15) is 0 Å². The Morgan fingerprint density at radius 2 is 1.29 bits per heavy atom. The van der Waals surface area contributed by atoms with E-state index < -0.39 is 7.82 Å². The maximum absolute atomic E-state index is 8.88. The molecule has 0 saturated heterocycles. The van der Waals surface area contributed by atoms with Crippen molar-refractivity contribution in [2.75, 3.05) is 0 Å². The van der Waals surface area contributed by atoms with Gasteiger partial charge in [0.15, 0.2) is 0 Å². The molecule has 0 aliphatic heterocycles. The SMILES string of the molecule is O=P(O)(O)O.[Li][CH3]. The van der Waals surface area contributed by atoms with E-state index in [2.05, 4.69) is 0 Å². The molecule has 40 valence electrons. The normalized spacial score (nSPS) is 9.43. The summed E-state index contributed by atoms with van der Waals surface area (Å²) in [6, 6.07) is 0. The molecule has 0 unspecified atom stereocenters. The van der Waals surface area contributed by atoms with Crippen LogP contribution in [-0.4, -0.2) is 32.4 Å². The molecule has 0 radical (unpaired) electrons. The van der Waals surface area contributed by atoms with E-state index in [0.717, 1.165) is 0 Å². The monoisotopic (exact) mass is 120 g/mol. The molecule has 0 atom stereocenters. The van der Waals surface area contributed by atoms with Crippen LogP contribution in [0.2, 0.25) is 5.60 Å². The van der Waals surface area contributed by atoms with Gasteiger partial charge in [-0.25, -0.2) is 4.57 Å². The molecule has 3 N–H and O–H groups in total. The van der Waals surface area contributed by atoms with Crippen molar-refractivity contribution >= 4 is 25.5 Å². The van der Waals surface area contributed by atoms with Crippen molar-refractivity contribution in [3.05, 3.63) is 0 Å². The number of hydrogen-bond donors (Lipinski definition) is 3. The Kier molecular flexibility index (Phi) is 7.39. The van der Waals surface area contributed by atoms with E-state index in [-0.39, 0.29) is 0 Å². The molecular formula is CH6LiO4P. The Labute approximate surface area is 51.0 Å². The third-order valence-electron chi connectivity index (χ3n) is 0. The predicted octanol–water partition coefficient (Wildman–Crippen LogP) is -0.726. The van der Waals surface area contributed by atoms with Crippen molar-refractivity contribution in [2.45, 2.75) is 5.60 Å². The molecule has 0 aromatic heterocycles. The first-order valence-corrected chi connectivity index (χ1v) is 3.35. The molecule has 0 amide bonds. The zero-order chi connectivity index (χ0) is 6.50. The standard InChI is InChI=1S/CH3.Li.H3O4P/c;;1-5(2,3)4/h1H3;;(H3,1,2,3,4). The van der Waals surface area contributed by atoms with Crippen LogP contribution in [-0.2, 0) is 4.57 Å². The third-order valence-corrected chi connectivity index (χ3v) is 0. The predicted molar refractivity (Wildman–Crippen MR) is 25.9 cm³/mol. The van der Waals surface area contributed by atoms with Gasteiger partial charge in [0, 0.05) is 0 Å². The van der Waals surface area contributed by atoms with Crippen molar-refractivity contribution in [3.8, 4) is 0 Å². The first-order chi connectivity index (χ1) is 3.00. The average Bonchev–Trinajstić information content (AvgIpc) is 1.36. The first kappa shape index (κ1) is 10.6. The van der Waals surface area contributed by atoms with Gasteiger partial charge in [0.2, 0.25) is 0 Å². The summed E-state index contributed by atoms with van der Waals surface area (Å²) in [4.78, 5) is 21.6. The molecule has 0 aliphatic carbocycles. The minimum absolute atomic E-state index is 2.00. The van der Waals surface area contributed by atoms with Crippen LogP contribution in [0.3, 0.4) is 0 Å². The molecule has 6 heteroatoms. The van der Waals surface area contributed by atoms with Gasteiger partial charge in [0.1, 0.15) is 0 Å². The summed E-state index contributed by atoms with van der Waals surface area (Å²) >= 11 is 2.00. The van der Waals surface area contributed by atoms with Crippen LogP contribution in [0.5, 0.6) is 0 Å². The molecule has 0 bridgehead atoms. The van der Waals surface area contributed by atoms with E-state index in [0.29, 0.717) is 0 Å². The second-order valence-corrected chi connectivity index (χ2v) is 1.54. The summed E-state index contributed by atoms with van der Waals surface area (Å²) in [5.74, 6) is 0. The molecule has 0 heterocycles. The molecule has 7 heavy (non-hydrogen) atoms. The van der Waals surface area contributed by atoms with Crippen LogP contribution < -0.4 is 0 Å². The van der Waals surface area contributed by atoms with Gasteiger partial charge in [0.05, 0.1) is 0 Å². The third kappa shape index (κ3) is 297. The fourth-order valence-electron chi connectivity index (χ4n) is 0. The summed E-state index contributed by atoms with van der Waals surface area (Å²) in [6.45, 7) is 0. The van der Waals surface area contributed by atoms with Gasteiger partial charge in [-0.15, -0.1) is 0 Å². The van der Waals surface area contributed by atoms with E-state index in [1.54, 1.807) is 0 Å². The Morgan fingerprint density at radius 1 is 1.29 bits per heavy atom. The van der Waals surface area contributed by atoms with E-state index >= 15 is 0 Å². The first-order valence-electron chi connectivity index (χ1n) is 1.78. The molecular weight excluding hydrogens is 114 g/mol. The van der Waals surface area contributed by atoms with Gasteiger partial charge in [-0.3, -0.25) is 0 Å². The number of phosphoric acid groups is 1. The van der Waals surface area contributed by atoms with Gasteiger partial charge >= 0.3 is 31.1 Å². The molecule has 0 aliphatic rings. The van der Waals surface area contributed by atoms with E-state index in [1.807, 2.05) is 23.3 Å². The van der Waals surface area contributed by atoms with Gasteiger partial charge in [-0.1, -0.05) is 0 Å². The topological polar surface area (TPSA) is 77.8 Å². The minimum atomic E-state index is -4.64. The van der Waals surface area contributed by atoms with Crippen LogP contribution >= 0.6 is 7.82 Å². The Hall–Kier alpha value is 0.707. The van der Waals surface area contributed by atoms with Gasteiger partial charge in [-0.2, -0.15) is 0 Å². The fraction of sp³-hybridized carbons (Fsp3) is 1.00. The van der Waals surface area contributed by atoms with Crippen LogP contribution in [0.1, 0.15) is 0 Å². The quantitative estimate of drug-likeness (QED) is 0.291. The van der Waals surface area contributed by atoms with Gasteiger partial charge < -0.3 is 14.7 Å². The number of hydrogen-bond acceptors (Lipinski definition) is 1. The van der Waals surface area contributed by atoms with Crippen LogP contribution in [0.4, 0.5) is 0 Å². The molecule has 0 rings (SSSR count). The molecule has 4 nitrogen and oxygen atoms in total. The van der Waals surface area contributed by atoms with Crippen molar-refractivity contribution < 1.29 is 19.2 Å². The molecule has 0 saturated carbocycles. The van der Waals surface area contributed by atoms with Crippen molar-refractivity contribution in [2.24, 2.45) is 0 Å². The summed E-state index contributed by atoms with van der Waals surface area (Å²) in [5.41, 5.74) is 2.00. The van der Waals surface area contributed by atoms with Crippen LogP contribution in [0.15, 0.2) is 0 Å². The Morgan fingerprint density at radius 3 is 1.29 bits per heavy atom. The van der Waals surface area contributed by atoms with Crippen molar-refractivity contribution in [1.82, 2.24) is 0 Å². The molecule has 0 aromatic carbocycles. The fourth-order valence-corrected chi connectivity index (χ4v) is 0. The Balaban J connectivity index is 0.